The molecular weight excluding hydrogens is 505 g/mol. The molecule has 5 atom stereocenters. The quantitative estimate of drug-likeness (QED) is 0.349. The average molecular weight is 531 g/mol. The number of pyridine rings is 1. The van der Waals surface area contributed by atoms with Crippen LogP contribution >= 0.6 is 0 Å². The Balaban J connectivity index is 1.18. The number of aromatic nitrogens is 8. The number of rotatable bonds is 5. The summed E-state index contributed by atoms with van der Waals surface area (Å²) in [5.74, 6) is 0.986. The minimum atomic E-state index is -4.43. The molecule has 2 fully saturated rings. The highest BCUT2D eigenvalue weighted by Crippen LogP contribution is 2.39. The van der Waals surface area contributed by atoms with Gasteiger partial charge < -0.3 is 25.0 Å². The van der Waals surface area contributed by atoms with Crippen molar-refractivity contribution in [3.63, 3.8) is 0 Å². The smallest absolute Gasteiger partial charge is 0.388 e. The van der Waals surface area contributed by atoms with Crippen molar-refractivity contribution in [2.45, 2.75) is 56.3 Å². The van der Waals surface area contributed by atoms with Crippen molar-refractivity contribution >= 4 is 22.8 Å². The second-order valence-corrected chi connectivity index (χ2v) is 9.68. The van der Waals surface area contributed by atoms with E-state index in [9.17, 15) is 23.4 Å². The molecule has 0 radical (unpaired) electrons. The Morgan fingerprint density at radius 3 is 2.55 bits per heavy atom. The van der Waals surface area contributed by atoms with Crippen LogP contribution < -0.4 is 10.2 Å². The van der Waals surface area contributed by atoms with E-state index in [2.05, 4.69) is 35.5 Å². The SMILES string of the molecule is Cc1cnn([C@H]2C[C@@H](n3cnc4c(N[C@H]5CCN(c6ccc(C(F)(F)F)cn6)C5)ncnc43)[C@H](O)[C@@H]2O)n1. The van der Waals surface area contributed by atoms with Crippen molar-refractivity contribution in [3.8, 4) is 0 Å². The molecule has 5 heterocycles. The van der Waals surface area contributed by atoms with Crippen molar-refractivity contribution in [3.05, 3.63) is 48.4 Å². The van der Waals surface area contributed by atoms with Crippen LogP contribution in [0.15, 0.2) is 37.2 Å². The highest BCUT2D eigenvalue weighted by atomic mass is 19.4. The van der Waals surface area contributed by atoms with Crippen molar-refractivity contribution in [2.75, 3.05) is 23.3 Å². The Morgan fingerprint density at radius 1 is 1.03 bits per heavy atom. The molecule has 0 spiro atoms. The normalized spacial score (nSPS) is 25.9. The molecule has 200 valence electrons. The highest BCUT2D eigenvalue weighted by Gasteiger charge is 2.45. The molecule has 38 heavy (non-hydrogen) atoms. The number of imidazole rings is 1. The standard InChI is InChI=1S/C23H25F3N10O2/c1-12-7-31-36(33-12)16-6-15(19(37)20(16)38)35-11-30-18-21(28-10-29-22(18)35)32-14-4-5-34(9-14)17-3-2-13(8-27-17)23(24,25)26/h2-3,7-8,10-11,14-16,19-20,37-38H,4-6,9H2,1H3,(H,28,29,32)/t14-,15+,16-,19-,20+/m0/s1. The number of halogens is 3. The molecule has 15 heteroatoms. The Kier molecular flexibility index (Phi) is 5.90. The predicted molar refractivity (Wildman–Crippen MR) is 128 cm³/mol. The van der Waals surface area contributed by atoms with Gasteiger partial charge in [0, 0.05) is 25.3 Å². The third kappa shape index (κ3) is 4.30. The number of hydrogen-bond acceptors (Lipinski definition) is 10. The molecule has 2 aliphatic rings. The van der Waals surface area contributed by atoms with E-state index in [4.69, 9.17) is 0 Å². The van der Waals surface area contributed by atoms with Gasteiger partial charge in [-0.1, -0.05) is 0 Å². The van der Waals surface area contributed by atoms with Crippen LogP contribution in [0.5, 0.6) is 0 Å². The van der Waals surface area contributed by atoms with Gasteiger partial charge in [-0.25, -0.2) is 19.9 Å². The lowest BCUT2D eigenvalue weighted by Gasteiger charge is -2.19. The zero-order valence-corrected chi connectivity index (χ0v) is 20.2. The van der Waals surface area contributed by atoms with Crippen LogP contribution in [0.1, 0.15) is 36.2 Å². The second-order valence-electron chi connectivity index (χ2n) is 9.68. The third-order valence-corrected chi connectivity index (χ3v) is 7.19. The van der Waals surface area contributed by atoms with Gasteiger partial charge in [-0.15, -0.1) is 0 Å². The number of alkyl halides is 3. The van der Waals surface area contributed by atoms with Crippen LogP contribution in [-0.4, -0.2) is 81.0 Å². The van der Waals surface area contributed by atoms with Gasteiger partial charge in [0.15, 0.2) is 11.5 Å². The first kappa shape index (κ1) is 24.5. The van der Waals surface area contributed by atoms with Gasteiger partial charge in [-0.3, -0.25) is 0 Å². The molecule has 1 saturated carbocycles. The Hall–Kier alpha value is -3.85. The summed E-state index contributed by atoms with van der Waals surface area (Å²) in [4.78, 5) is 20.6. The number of anilines is 2. The molecule has 0 unspecified atom stereocenters. The Morgan fingerprint density at radius 2 is 1.84 bits per heavy atom. The number of hydrogen-bond donors (Lipinski definition) is 3. The van der Waals surface area contributed by atoms with Crippen molar-refractivity contribution < 1.29 is 23.4 Å². The summed E-state index contributed by atoms with van der Waals surface area (Å²) >= 11 is 0. The first-order chi connectivity index (χ1) is 18.2. The lowest BCUT2D eigenvalue weighted by atomic mass is 10.2. The number of aryl methyl sites for hydroxylation is 1. The van der Waals surface area contributed by atoms with Crippen molar-refractivity contribution in [1.82, 2.24) is 39.5 Å². The van der Waals surface area contributed by atoms with E-state index in [1.165, 1.54) is 17.2 Å². The summed E-state index contributed by atoms with van der Waals surface area (Å²) in [7, 11) is 0. The summed E-state index contributed by atoms with van der Waals surface area (Å²) in [6, 6.07) is 1.38. The van der Waals surface area contributed by atoms with Crippen LogP contribution in [0.2, 0.25) is 0 Å². The molecule has 0 aromatic carbocycles. The topological polar surface area (TPSA) is 143 Å². The van der Waals surface area contributed by atoms with Crippen molar-refractivity contribution in [1.29, 1.82) is 0 Å². The summed E-state index contributed by atoms with van der Waals surface area (Å²) in [6.07, 6.45) is -0.0381. The molecule has 0 bridgehead atoms. The number of nitrogens with zero attached hydrogens (tertiary/aromatic N) is 9. The lowest BCUT2D eigenvalue weighted by molar-refractivity contribution is -0.137. The molecular formula is C23H25F3N10O2. The van der Waals surface area contributed by atoms with Crippen LogP contribution in [0.4, 0.5) is 24.8 Å². The molecule has 6 rings (SSSR count). The first-order valence-corrected chi connectivity index (χ1v) is 12.2. The monoisotopic (exact) mass is 530 g/mol. The average Bonchev–Trinajstić information content (AvgIpc) is 3.68. The fourth-order valence-corrected chi connectivity index (χ4v) is 5.23. The first-order valence-electron chi connectivity index (χ1n) is 12.2. The van der Waals surface area contributed by atoms with E-state index in [0.29, 0.717) is 48.0 Å². The molecule has 1 saturated heterocycles. The van der Waals surface area contributed by atoms with Gasteiger partial charge in [0.05, 0.1) is 29.8 Å². The third-order valence-electron chi connectivity index (χ3n) is 7.19. The van der Waals surface area contributed by atoms with Crippen LogP contribution in [0, 0.1) is 6.92 Å². The largest absolute Gasteiger partial charge is 0.417 e. The molecule has 12 nitrogen and oxygen atoms in total. The summed E-state index contributed by atoms with van der Waals surface area (Å²) in [6.45, 7) is 2.94. The molecule has 4 aromatic heterocycles. The fraction of sp³-hybridized carbons (Fsp3) is 0.478. The van der Waals surface area contributed by atoms with Crippen molar-refractivity contribution in [2.24, 2.45) is 0 Å². The van der Waals surface area contributed by atoms with E-state index < -0.39 is 36.0 Å². The van der Waals surface area contributed by atoms with Crippen LogP contribution in [0.3, 0.4) is 0 Å². The lowest BCUT2D eigenvalue weighted by Crippen LogP contribution is -2.31. The molecule has 0 amide bonds. The molecule has 1 aliphatic heterocycles. The maximum Gasteiger partial charge on any atom is 0.417 e. The van der Waals surface area contributed by atoms with Gasteiger partial charge >= 0.3 is 6.18 Å². The van der Waals surface area contributed by atoms with Crippen LogP contribution in [-0.2, 0) is 6.18 Å². The minimum Gasteiger partial charge on any atom is -0.388 e. The van der Waals surface area contributed by atoms with Gasteiger partial charge in [0.25, 0.3) is 0 Å². The molecule has 3 N–H and O–H groups in total. The van der Waals surface area contributed by atoms with E-state index >= 15 is 0 Å². The van der Waals surface area contributed by atoms with E-state index in [1.807, 2.05) is 4.90 Å². The van der Waals surface area contributed by atoms with Gasteiger partial charge in [0.2, 0.25) is 0 Å². The number of fused-ring (bicyclic) bond motifs is 1. The summed E-state index contributed by atoms with van der Waals surface area (Å²) in [5, 5.41) is 33.4. The van der Waals surface area contributed by atoms with Gasteiger partial charge in [-0.2, -0.15) is 28.2 Å². The second kappa shape index (κ2) is 9.16. The maximum absolute atomic E-state index is 12.9. The molecule has 1 aliphatic carbocycles. The Labute approximate surface area is 214 Å². The van der Waals surface area contributed by atoms with Crippen LogP contribution in [0.25, 0.3) is 11.2 Å². The summed E-state index contributed by atoms with van der Waals surface area (Å²) < 4.78 is 40.3. The van der Waals surface area contributed by atoms with E-state index in [0.717, 1.165) is 18.7 Å². The summed E-state index contributed by atoms with van der Waals surface area (Å²) in [5.41, 5.74) is 0.947. The minimum absolute atomic E-state index is 0.0419. The zero-order chi connectivity index (χ0) is 26.6. The fourth-order valence-electron chi connectivity index (χ4n) is 5.23. The Bertz CT molecular complexity index is 1440. The van der Waals surface area contributed by atoms with E-state index in [1.54, 1.807) is 24.0 Å². The number of aliphatic hydroxyl groups is 2. The van der Waals surface area contributed by atoms with Gasteiger partial charge in [0.1, 0.15) is 35.9 Å². The maximum atomic E-state index is 12.9. The van der Waals surface area contributed by atoms with E-state index in [-0.39, 0.29) is 6.04 Å². The van der Waals surface area contributed by atoms with Gasteiger partial charge in [-0.05, 0) is 31.9 Å². The number of aliphatic hydroxyl groups excluding tert-OH is 2. The highest BCUT2D eigenvalue weighted by molar-refractivity contribution is 5.83. The predicted octanol–water partition coefficient (Wildman–Crippen LogP) is 1.74. The molecule has 4 aromatic rings. The number of nitrogens with one attached hydrogen (secondary N) is 1. The zero-order valence-electron chi connectivity index (χ0n) is 20.2.